The number of halogens is 1. The Bertz CT molecular complexity index is 34.1. The summed E-state index contributed by atoms with van der Waals surface area (Å²) in [5, 5.41) is 15.2. The lowest BCUT2D eigenvalue weighted by Crippen LogP contribution is -1.85. The Morgan fingerprint density at radius 2 is 1.44 bits per heavy atom. The summed E-state index contributed by atoms with van der Waals surface area (Å²) in [5.41, 5.74) is 0. The van der Waals surface area contributed by atoms with Crippen LogP contribution in [0.3, 0.4) is 0 Å². The summed E-state index contributed by atoms with van der Waals surface area (Å²) in [6.45, 7) is 5.00. The molecular formula is C5H16AlClO2. The fraction of sp³-hybridized carbons (Fsp3) is 0.600. The Kier molecular flexibility index (Phi) is 98.8. The zero-order chi connectivity index (χ0) is 6.12. The van der Waals surface area contributed by atoms with E-state index >= 15 is 0 Å². The fourth-order valence-corrected chi connectivity index (χ4v) is 0. The number of hydrogen-bond acceptors (Lipinski definition) is 2. The highest BCUT2D eigenvalue weighted by atomic mass is 35.5. The molecule has 0 amide bonds. The maximum atomic E-state index is 7.62. The van der Waals surface area contributed by atoms with Gasteiger partial charge < -0.3 is 10.2 Å². The van der Waals surface area contributed by atoms with Gasteiger partial charge in [-0.2, -0.15) is 0 Å². The summed E-state index contributed by atoms with van der Waals surface area (Å²) < 4.78 is 0. The predicted octanol–water partition coefficient (Wildman–Crippen LogP) is -0.599. The summed E-state index contributed by atoms with van der Waals surface area (Å²) in [7, 11) is 0. The highest BCUT2D eigenvalue weighted by Gasteiger charge is 1.58. The zero-order valence-corrected chi connectivity index (χ0v) is 5.82. The molecule has 0 aliphatic heterocycles. The van der Waals surface area contributed by atoms with Crippen LogP contribution in [0.5, 0.6) is 0 Å². The number of aliphatic hydroxyl groups is 2. The highest BCUT2D eigenvalue weighted by Crippen LogP contribution is 1.39. The largest absolute Gasteiger partial charge is 0.394 e. The molecule has 0 atom stereocenters. The Morgan fingerprint density at radius 1 is 1.33 bits per heavy atom. The first-order valence-electron chi connectivity index (χ1n) is 2.12. The topological polar surface area (TPSA) is 40.5 Å². The number of hydrogen-bond donors (Lipinski definition) is 2. The van der Waals surface area contributed by atoms with E-state index in [4.69, 9.17) is 10.2 Å². The van der Waals surface area contributed by atoms with Gasteiger partial charge >= 0.3 is 0 Å². The van der Waals surface area contributed by atoms with Crippen molar-refractivity contribution in [2.24, 2.45) is 0 Å². The first kappa shape index (κ1) is 22.7. The van der Waals surface area contributed by atoms with Gasteiger partial charge in [0.25, 0.3) is 0 Å². The van der Waals surface area contributed by atoms with Crippen LogP contribution in [0.4, 0.5) is 0 Å². The summed E-state index contributed by atoms with van der Waals surface area (Å²) in [5.74, 6) is 0. The minimum atomic E-state index is -0.125. The minimum Gasteiger partial charge on any atom is -0.394 e. The van der Waals surface area contributed by atoms with Crippen LogP contribution in [0.15, 0.2) is 12.7 Å². The molecule has 0 spiro atoms. The molecule has 0 radical (unpaired) electrons. The van der Waals surface area contributed by atoms with E-state index < -0.39 is 0 Å². The lowest BCUT2D eigenvalue weighted by atomic mass is 10.8. The highest BCUT2D eigenvalue weighted by molar-refractivity contribution is 5.85. The van der Waals surface area contributed by atoms with Gasteiger partial charge in [0.15, 0.2) is 17.4 Å². The molecule has 0 heterocycles. The number of aliphatic hydroxyl groups excluding tert-OH is 2. The first-order valence-corrected chi connectivity index (χ1v) is 2.12. The molecule has 0 rings (SSSR count). The second-order valence-electron chi connectivity index (χ2n) is 0.855. The molecule has 2 N–H and O–H groups in total. The third-order valence-corrected chi connectivity index (χ3v) is 0.1000. The van der Waals surface area contributed by atoms with Crippen molar-refractivity contribution in [1.82, 2.24) is 0 Å². The zero-order valence-electron chi connectivity index (χ0n) is 5.00. The van der Waals surface area contributed by atoms with Gasteiger partial charge in [-0.05, 0) is 6.92 Å². The first-order chi connectivity index (χ1) is 3.33. The third-order valence-electron chi connectivity index (χ3n) is 0.1000. The molecule has 9 heavy (non-hydrogen) atoms. The quantitative estimate of drug-likeness (QED) is 0.408. The van der Waals surface area contributed by atoms with Gasteiger partial charge in [-0.15, -0.1) is 19.0 Å². The minimum absolute atomic E-state index is 0. The van der Waals surface area contributed by atoms with Crippen molar-refractivity contribution < 1.29 is 10.2 Å². The lowest BCUT2D eigenvalue weighted by Gasteiger charge is -1.70. The third kappa shape index (κ3) is 162. The summed E-state index contributed by atoms with van der Waals surface area (Å²) in [6.07, 6.45) is 1.75. The standard InChI is InChI=1S/C3H6.C2H6O2.Al.ClH.3H/c1-3-2;3-1-2-4;;;;;/h3H,1H2,2H3;3-4H,1-2H2;;1H;;;. The van der Waals surface area contributed by atoms with Gasteiger partial charge in [-0.3, -0.25) is 0 Å². The fourth-order valence-electron chi connectivity index (χ4n) is 0. The van der Waals surface area contributed by atoms with Crippen molar-refractivity contribution in [3.8, 4) is 0 Å². The van der Waals surface area contributed by atoms with E-state index in [0.29, 0.717) is 0 Å². The van der Waals surface area contributed by atoms with Crippen molar-refractivity contribution in [2.45, 2.75) is 6.92 Å². The SMILES string of the molecule is C=CC.Cl.OCCO.[AlH3]. The molecule has 58 valence electrons. The predicted molar refractivity (Wildman–Crippen MR) is 47.2 cm³/mol. The molecule has 0 saturated carbocycles. The lowest BCUT2D eigenvalue weighted by molar-refractivity contribution is 0.186. The summed E-state index contributed by atoms with van der Waals surface area (Å²) in [6, 6.07) is 0. The van der Waals surface area contributed by atoms with E-state index in [1.165, 1.54) is 0 Å². The number of allylic oxidation sites excluding steroid dienone is 1. The summed E-state index contributed by atoms with van der Waals surface area (Å²) in [4.78, 5) is 0. The van der Waals surface area contributed by atoms with Crippen molar-refractivity contribution in [2.75, 3.05) is 13.2 Å². The van der Waals surface area contributed by atoms with Crippen LogP contribution in [0, 0.1) is 0 Å². The molecule has 0 fully saturated rings. The van der Waals surface area contributed by atoms with Crippen LogP contribution in [0.25, 0.3) is 0 Å². The van der Waals surface area contributed by atoms with Crippen molar-refractivity contribution >= 4 is 29.8 Å². The molecule has 0 bridgehead atoms. The molecule has 0 aromatic carbocycles. The Morgan fingerprint density at radius 3 is 1.44 bits per heavy atom. The maximum Gasteiger partial charge on any atom is 0.187 e. The van der Waals surface area contributed by atoms with Crippen LogP contribution in [-0.4, -0.2) is 40.8 Å². The average Bonchev–Trinajstić information content (AvgIpc) is 1.69. The van der Waals surface area contributed by atoms with Crippen LogP contribution in [0.2, 0.25) is 0 Å². The number of rotatable bonds is 1. The van der Waals surface area contributed by atoms with Crippen LogP contribution in [-0.2, 0) is 0 Å². The van der Waals surface area contributed by atoms with Gasteiger partial charge in [0.1, 0.15) is 0 Å². The van der Waals surface area contributed by atoms with E-state index in [-0.39, 0.29) is 43.0 Å². The van der Waals surface area contributed by atoms with Gasteiger partial charge in [0.2, 0.25) is 0 Å². The van der Waals surface area contributed by atoms with E-state index in [9.17, 15) is 0 Å². The molecule has 2 nitrogen and oxygen atoms in total. The Labute approximate surface area is 73.1 Å². The molecule has 0 aromatic rings. The van der Waals surface area contributed by atoms with Crippen molar-refractivity contribution in [3.63, 3.8) is 0 Å². The van der Waals surface area contributed by atoms with Crippen LogP contribution in [0.1, 0.15) is 6.92 Å². The second kappa shape index (κ2) is 39.2. The van der Waals surface area contributed by atoms with Gasteiger partial charge in [-0.25, -0.2) is 0 Å². The van der Waals surface area contributed by atoms with E-state index in [1.54, 1.807) is 6.08 Å². The maximum absolute atomic E-state index is 7.62. The molecule has 0 aromatic heterocycles. The van der Waals surface area contributed by atoms with Gasteiger partial charge in [-0.1, -0.05) is 6.08 Å². The smallest absolute Gasteiger partial charge is 0.187 e. The summed E-state index contributed by atoms with van der Waals surface area (Å²) >= 11 is 0. The molecule has 0 aliphatic rings. The molecule has 0 aliphatic carbocycles. The monoisotopic (exact) mass is 170 g/mol. The molecular weight excluding hydrogens is 154 g/mol. The Hall–Kier alpha value is 0.482. The Balaban J connectivity index is -0.0000000233. The average molecular weight is 171 g/mol. The van der Waals surface area contributed by atoms with Crippen LogP contribution >= 0.6 is 12.4 Å². The van der Waals surface area contributed by atoms with E-state index in [1.807, 2.05) is 6.92 Å². The van der Waals surface area contributed by atoms with Gasteiger partial charge in [0, 0.05) is 0 Å². The van der Waals surface area contributed by atoms with Crippen LogP contribution < -0.4 is 0 Å². The molecule has 0 unspecified atom stereocenters. The normalized spacial score (nSPS) is 4.78. The van der Waals surface area contributed by atoms with Crippen molar-refractivity contribution in [1.29, 1.82) is 0 Å². The van der Waals surface area contributed by atoms with E-state index in [0.717, 1.165) is 0 Å². The van der Waals surface area contributed by atoms with E-state index in [2.05, 4.69) is 6.58 Å². The molecule has 4 heteroatoms. The van der Waals surface area contributed by atoms with Gasteiger partial charge in [0.05, 0.1) is 13.2 Å². The molecule has 0 saturated heterocycles. The van der Waals surface area contributed by atoms with Crippen molar-refractivity contribution in [3.05, 3.63) is 12.7 Å². The second-order valence-corrected chi connectivity index (χ2v) is 0.855.